The molecule has 2 aromatic carbocycles. The number of aromatic nitrogens is 1. The first-order valence-corrected chi connectivity index (χ1v) is 6.73. The molecule has 0 atom stereocenters. The maximum absolute atomic E-state index is 12.0. The van der Waals surface area contributed by atoms with Crippen molar-refractivity contribution in [3.8, 4) is 0 Å². The van der Waals surface area contributed by atoms with Crippen LogP contribution < -0.4 is 10.9 Å². The molecule has 0 saturated heterocycles. The normalized spacial score (nSPS) is 10.5. The summed E-state index contributed by atoms with van der Waals surface area (Å²) in [5, 5.41) is 14.6. The molecule has 110 valence electrons. The molecule has 0 radical (unpaired) electrons. The van der Waals surface area contributed by atoms with E-state index in [0.29, 0.717) is 12.2 Å². The second-order valence-electron chi connectivity index (χ2n) is 4.88. The highest BCUT2D eigenvalue weighted by Crippen LogP contribution is 2.15. The molecule has 6 heteroatoms. The lowest BCUT2D eigenvalue weighted by atomic mass is 10.2. The lowest BCUT2D eigenvalue weighted by Crippen LogP contribution is -2.13. The summed E-state index contributed by atoms with van der Waals surface area (Å²) >= 11 is 0. The number of pyridine rings is 1. The summed E-state index contributed by atoms with van der Waals surface area (Å²) in [6.45, 7) is 0.416. The number of rotatable bonds is 4. The molecule has 3 rings (SSSR count). The molecule has 0 saturated carbocycles. The van der Waals surface area contributed by atoms with Crippen LogP contribution in [0.1, 0.15) is 5.56 Å². The van der Waals surface area contributed by atoms with E-state index in [1.807, 2.05) is 24.3 Å². The zero-order chi connectivity index (χ0) is 15.5. The second-order valence-corrected chi connectivity index (χ2v) is 4.88. The largest absolute Gasteiger partial charge is 0.376 e. The third-order valence-corrected chi connectivity index (χ3v) is 3.38. The predicted molar refractivity (Wildman–Crippen MR) is 85.0 cm³/mol. The van der Waals surface area contributed by atoms with Gasteiger partial charge in [0, 0.05) is 29.6 Å². The van der Waals surface area contributed by atoms with Crippen molar-refractivity contribution in [2.75, 3.05) is 5.32 Å². The Morgan fingerprint density at radius 1 is 1.09 bits per heavy atom. The van der Waals surface area contributed by atoms with Crippen LogP contribution in [0, 0.1) is 10.1 Å². The maximum atomic E-state index is 12.0. The van der Waals surface area contributed by atoms with Crippen LogP contribution in [-0.4, -0.2) is 9.91 Å². The van der Waals surface area contributed by atoms with E-state index in [-0.39, 0.29) is 11.2 Å². The smallest absolute Gasteiger partial charge is 0.271 e. The van der Waals surface area contributed by atoms with Crippen LogP contribution in [0.2, 0.25) is 0 Å². The zero-order valence-corrected chi connectivity index (χ0v) is 11.6. The molecule has 0 spiro atoms. The van der Waals surface area contributed by atoms with Crippen molar-refractivity contribution in [3.05, 3.63) is 80.6 Å². The number of hydrogen-bond donors (Lipinski definition) is 2. The van der Waals surface area contributed by atoms with Crippen molar-refractivity contribution in [2.45, 2.75) is 6.54 Å². The number of nitro groups is 1. The number of hydrogen-bond acceptors (Lipinski definition) is 4. The number of anilines is 1. The molecule has 22 heavy (non-hydrogen) atoms. The Balaban J connectivity index is 1.80. The molecule has 6 nitrogen and oxygen atoms in total. The van der Waals surface area contributed by atoms with Gasteiger partial charge in [0.05, 0.1) is 4.92 Å². The van der Waals surface area contributed by atoms with Gasteiger partial charge in [-0.05, 0) is 17.7 Å². The molecule has 0 fully saturated rings. The molecule has 0 bridgehead atoms. The molecular formula is C16H13N3O3. The zero-order valence-electron chi connectivity index (χ0n) is 11.6. The summed E-state index contributed by atoms with van der Waals surface area (Å²) in [6, 6.07) is 15.5. The first-order chi connectivity index (χ1) is 10.6. The lowest BCUT2D eigenvalue weighted by Gasteiger charge is -2.07. The third-order valence-electron chi connectivity index (χ3n) is 3.38. The van der Waals surface area contributed by atoms with Gasteiger partial charge in [0.1, 0.15) is 5.69 Å². The Hall–Kier alpha value is -3.15. The van der Waals surface area contributed by atoms with Crippen LogP contribution >= 0.6 is 0 Å². The quantitative estimate of drug-likeness (QED) is 0.572. The molecule has 0 aliphatic rings. The average Bonchev–Trinajstić information content (AvgIpc) is 2.53. The van der Waals surface area contributed by atoms with Crippen LogP contribution in [-0.2, 0) is 6.54 Å². The van der Waals surface area contributed by atoms with Crippen LogP contribution in [0.25, 0.3) is 10.9 Å². The summed E-state index contributed by atoms with van der Waals surface area (Å²) in [5.74, 6) is 0. The fourth-order valence-corrected chi connectivity index (χ4v) is 2.21. The summed E-state index contributed by atoms with van der Waals surface area (Å²) in [4.78, 5) is 25.0. The monoisotopic (exact) mass is 295 g/mol. The van der Waals surface area contributed by atoms with Gasteiger partial charge in [0.15, 0.2) is 0 Å². The minimum Gasteiger partial charge on any atom is -0.376 e. The lowest BCUT2D eigenvalue weighted by molar-refractivity contribution is -0.384. The van der Waals surface area contributed by atoms with Gasteiger partial charge in [0.25, 0.3) is 11.2 Å². The van der Waals surface area contributed by atoms with E-state index in [2.05, 4.69) is 10.3 Å². The van der Waals surface area contributed by atoms with E-state index in [0.717, 1.165) is 16.5 Å². The van der Waals surface area contributed by atoms with E-state index in [1.54, 1.807) is 18.2 Å². The van der Waals surface area contributed by atoms with E-state index < -0.39 is 4.92 Å². The van der Waals surface area contributed by atoms with Crippen LogP contribution in [0.15, 0.2) is 59.4 Å². The number of fused-ring (bicyclic) bond motifs is 1. The highest BCUT2D eigenvalue weighted by Gasteiger charge is 2.05. The Labute approximate surface area is 125 Å². The molecule has 0 unspecified atom stereocenters. The van der Waals surface area contributed by atoms with Gasteiger partial charge in [-0.25, -0.2) is 0 Å². The molecular weight excluding hydrogens is 282 g/mol. The van der Waals surface area contributed by atoms with Gasteiger partial charge in [-0.15, -0.1) is 0 Å². The number of aromatic amines is 1. The van der Waals surface area contributed by atoms with Crippen LogP contribution in [0.5, 0.6) is 0 Å². The first-order valence-electron chi connectivity index (χ1n) is 6.73. The minimum atomic E-state index is -0.439. The molecule has 2 N–H and O–H groups in total. The Morgan fingerprint density at radius 2 is 1.82 bits per heavy atom. The number of benzene rings is 2. The Kier molecular flexibility index (Phi) is 3.57. The van der Waals surface area contributed by atoms with E-state index in [9.17, 15) is 14.9 Å². The van der Waals surface area contributed by atoms with Gasteiger partial charge < -0.3 is 10.3 Å². The summed E-state index contributed by atoms with van der Waals surface area (Å²) in [7, 11) is 0. The van der Waals surface area contributed by atoms with Crippen molar-refractivity contribution in [1.82, 2.24) is 4.98 Å². The maximum Gasteiger partial charge on any atom is 0.271 e. The summed E-state index contributed by atoms with van der Waals surface area (Å²) < 4.78 is 0. The van der Waals surface area contributed by atoms with Crippen LogP contribution in [0.4, 0.5) is 11.4 Å². The Morgan fingerprint density at radius 3 is 2.55 bits per heavy atom. The average molecular weight is 295 g/mol. The van der Waals surface area contributed by atoms with E-state index in [1.165, 1.54) is 12.1 Å². The first kappa shape index (κ1) is 13.8. The number of H-pyrrole nitrogens is 1. The van der Waals surface area contributed by atoms with Crippen molar-refractivity contribution in [3.63, 3.8) is 0 Å². The van der Waals surface area contributed by atoms with Crippen LogP contribution in [0.3, 0.4) is 0 Å². The van der Waals surface area contributed by atoms with Gasteiger partial charge in [-0.2, -0.15) is 0 Å². The van der Waals surface area contributed by atoms with E-state index >= 15 is 0 Å². The van der Waals surface area contributed by atoms with Crippen molar-refractivity contribution >= 4 is 22.3 Å². The predicted octanol–water partition coefficient (Wildman–Crippen LogP) is 3.05. The van der Waals surface area contributed by atoms with E-state index in [4.69, 9.17) is 0 Å². The highest BCUT2D eigenvalue weighted by atomic mass is 16.6. The van der Waals surface area contributed by atoms with Gasteiger partial charge in [0.2, 0.25) is 0 Å². The minimum absolute atomic E-state index is 0.0484. The van der Waals surface area contributed by atoms with Gasteiger partial charge in [-0.1, -0.05) is 30.3 Å². The molecule has 0 amide bonds. The SMILES string of the molecule is O=c1[nH]c2ccccc2cc1NCc1ccc([N+](=O)[O-])cc1. The fraction of sp³-hybridized carbons (Fsp3) is 0.0625. The van der Waals surface area contributed by atoms with Crippen molar-refractivity contribution < 1.29 is 4.92 Å². The van der Waals surface area contributed by atoms with Crippen molar-refractivity contribution in [2.24, 2.45) is 0 Å². The molecule has 1 heterocycles. The number of nitro benzene ring substituents is 1. The van der Waals surface area contributed by atoms with Gasteiger partial charge in [-0.3, -0.25) is 14.9 Å². The number of nitrogens with zero attached hydrogens (tertiary/aromatic N) is 1. The number of non-ortho nitro benzene ring substituents is 1. The second kappa shape index (κ2) is 5.69. The number of para-hydroxylation sites is 1. The Bertz CT molecular complexity index is 885. The fourth-order valence-electron chi connectivity index (χ4n) is 2.21. The topological polar surface area (TPSA) is 88.0 Å². The van der Waals surface area contributed by atoms with Crippen molar-refractivity contribution in [1.29, 1.82) is 0 Å². The summed E-state index contributed by atoms with van der Waals surface area (Å²) in [5.41, 5.74) is 1.97. The number of nitrogens with one attached hydrogen (secondary N) is 2. The molecule has 0 aliphatic heterocycles. The third kappa shape index (κ3) is 2.80. The molecule has 3 aromatic rings. The molecule has 0 aliphatic carbocycles. The molecule has 1 aromatic heterocycles. The standard InChI is InChI=1S/C16H13N3O3/c20-16-15(9-12-3-1-2-4-14(12)18-16)17-10-11-5-7-13(8-6-11)19(21)22/h1-9,17H,10H2,(H,18,20). The summed E-state index contributed by atoms with van der Waals surface area (Å²) in [6.07, 6.45) is 0. The highest BCUT2D eigenvalue weighted by molar-refractivity contribution is 5.81. The van der Waals surface area contributed by atoms with Gasteiger partial charge >= 0.3 is 0 Å².